The predicted molar refractivity (Wildman–Crippen MR) is 112 cm³/mol. The molecule has 4 rings (SSSR count). The first-order valence-electron chi connectivity index (χ1n) is 8.92. The van der Waals surface area contributed by atoms with Crippen LogP contribution < -0.4 is 10.1 Å². The lowest BCUT2D eigenvalue weighted by atomic mass is 9.99. The summed E-state index contributed by atoms with van der Waals surface area (Å²) in [4.78, 5) is 4.70. The van der Waals surface area contributed by atoms with E-state index in [1.165, 1.54) is 0 Å². The lowest BCUT2D eigenvalue weighted by Crippen LogP contribution is -2.33. The largest absolute Gasteiger partial charge is 0.490 e. The number of halogens is 2. The molecule has 2 aromatic carbocycles. The fourth-order valence-electron chi connectivity index (χ4n) is 3.05. The van der Waals surface area contributed by atoms with Crippen molar-refractivity contribution in [2.45, 2.75) is 18.4 Å². The SMILES string of the molecule is CNC1(COc2cnc(-c3ccc(Cl)cc3)c(-c3ccc(Cl)cc3)c2)CC1. The van der Waals surface area contributed by atoms with Crippen molar-refractivity contribution in [2.75, 3.05) is 13.7 Å². The summed E-state index contributed by atoms with van der Waals surface area (Å²) in [6, 6.07) is 17.5. The molecule has 1 saturated carbocycles. The van der Waals surface area contributed by atoms with Gasteiger partial charge in [-0.2, -0.15) is 0 Å². The molecule has 0 saturated heterocycles. The quantitative estimate of drug-likeness (QED) is 0.564. The second kappa shape index (κ2) is 7.51. The van der Waals surface area contributed by atoms with Gasteiger partial charge in [0.15, 0.2) is 0 Å². The molecule has 3 aromatic rings. The number of ether oxygens (including phenoxy) is 1. The molecule has 0 aliphatic heterocycles. The first kappa shape index (κ1) is 18.3. The Labute approximate surface area is 169 Å². The van der Waals surface area contributed by atoms with Crippen molar-refractivity contribution in [3.63, 3.8) is 0 Å². The minimum atomic E-state index is 0.120. The topological polar surface area (TPSA) is 34.1 Å². The third kappa shape index (κ3) is 4.11. The number of likely N-dealkylation sites (N-methyl/N-ethyl adjacent to an activating group) is 1. The van der Waals surface area contributed by atoms with E-state index in [4.69, 9.17) is 32.9 Å². The molecule has 138 valence electrons. The zero-order valence-electron chi connectivity index (χ0n) is 15.0. The standard InChI is InChI=1S/C22H20Cl2N2O/c1-25-22(10-11-22)14-27-19-12-20(15-2-6-17(23)7-3-15)21(26-13-19)16-4-8-18(24)9-5-16/h2-9,12-13,25H,10-11,14H2,1H3. The van der Waals surface area contributed by atoms with Gasteiger partial charge in [-0.05, 0) is 55.8 Å². The van der Waals surface area contributed by atoms with Gasteiger partial charge < -0.3 is 10.1 Å². The Kier molecular flexibility index (Phi) is 5.09. The zero-order chi connectivity index (χ0) is 18.9. The monoisotopic (exact) mass is 398 g/mol. The zero-order valence-corrected chi connectivity index (χ0v) is 16.5. The number of pyridine rings is 1. The average Bonchev–Trinajstić information content (AvgIpc) is 3.48. The van der Waals surface area contributed by atoms with E-state index in [9.17, 15) is 0 Å². The van der Waals surface area contributed by atoms with E-state index < -0.39 is 0 Å². The van der Waals surface area contributed by atoms with Gasteiger partial charge in [0, 0.05) is 21.2 Å². The molecule has 1 aliphatic carbocycles. The van der Waals surface area contributed by atoms with Crippen molar-refractivity contribution in [3.8, 4) is 28.1 Å². The number of rotatable bonds is 6. The molecule has 1 fully saturated rings. The maximum absolute atomic E-state index is 6.07. The highest BCUT2D eigenvalue weighted by atomic mass is 35.5. The van der Waals surface area contributed by atoms with Gasteiger partial charge in [-0.3, -0.25) is 4.98 Å². The molecule has 1 N–H and O–H groups in total. The van der Waals surface area contributed by atoms with E-state index >= 15 is 0 Å². The predicted octanol–water partition coefficient (Wildman–Crippen LogP) is 5.85. The lowest BCUT2D eigenvalue weighted by molar-refractivity contribution is 0.259. The number of hydrogen-bond acceptors (Lipinski definition) is 3. The van der Waals surface area contributed by atoms with Crippen LogP contribution in [0.5, 0.6) is 5.75 Å². The molecule has 0 unspecified atom stereocenters. The molecule has 1 aliphatic rings. The molecule has 5 heteroatoms. The Morgan fingerprint density at radius 2 is 1.56 bits per heavy atom. The Hall–Kier alpha value is -2.07. The summed E-state index contributed by atoms with van der Waals surface area (Å²) in [7, 11) is 1.98. The Bertz CT molecular complexity index is 936. The van der Waals surface area contributed by atoms with Gasteiger partial charge in [-0.1, -0.05) is 47.5 Å². The molecule has 27 heavy (non-hydrogen) atoms. The smallest absolute Gasteiger partial charge is 0.138 e. The Morgan fingerprint density at radius 3 is 2.11 bits per heavy atom. The molecule has 0 bridgehead atoms. The number of benzene rings is 2. The molecule has 0 radical (unpaired) electrons. The van der Waals surface area contributed by atoms with Crippen LogP contribution in [0.2, 0.25) is 10.0 Å². The van der Waals surface area contributed by atoms with E-state index in [1.54, 1.807) is 6.20 Å². The van der Waals surface area contributed by atoms with Crippen molar-refractivity contribution in [1.29, 1.82) is 0 Å². The van der Waals surface area contributed by atoms with Crippen LogP contribution in [-0.2, 0) is 0 Å². The van der Waals surface area contributed by atoms with E-state index in [0.29, 0.717) is 16.7 Å². The van der Waals surface area contributed by atoms with Crippen LogP contribution in [0.1, 0.15) is 12.8 Å². The highest BCUT2D eigenvalue weighted by Crippen LogP contribution is 2.37. The normalized spacial score (nSPS) is 14.8. The van der Waals surface area contributed by atoms with Gasteiger partial charge in [0.1, 0.15) is 12.4 Å². The fourth-order valence-corrected chi connectivity index (χ4v) is 3.30. The molecule has 0 amide bonds. The summed E-state index contributed by atoms with van der Waals surface area (Å²) >= 11 is 12.1. The molecule has 3 nitrogen and oxygen atoms in total. The van der Waals surface area contributed by atoms with Gasteiger partial charge in [0.25, 0.3) is 0 Å². The van der Waals surface area contributed by atoms with Crippen LogP contribution >= 0.6 is 23.2 Å². The van der Waals surface area contributed by atoms with E-state index in [0.717, 1.165) is 41.0 Å². The maximum Gasteiger partial charge on any atom is 0.138 e. The van der Waals surface area contributed by atoms with Gasteiger partial charge in [-0.25, -0.2) is 0 Å². The first-order chi connectivity index (χ1) is 13.1. The fraction of sp³-hybridized carbons (Fsp3) is 0.227. The van der Waals surface area contributed by atoms with E-state index in [1.807, 2.05) is 61.6 Å². The average molecular weight is 399 g/mol. The molecule has 1 heterocycles. The molecular weight excluding hydrogens is 379 g/mol. The van der Waals surface area contributed by atoms with E-state index in [-0.39, 0.29) is 5.54 Å². The van der Waals surface area contributed by atoms with Crippen LogP contribution in [0.25, 0.3) is 22.4 Å². The summed E-state index contributed by atoms with van der Waals surface area (Å²) in [5.41, 5.74) is 4.05. The highest BCUT2D eigenvalue weighted by Gasteiger charge is 2.41. The summed E-state index contributed by atoms with van der Waals surface area (Å²) in [6.07, 6.45) is 4.07. The maximum atomic E-state index is 6.07. The summed E-state index contributed by atoms with van der Waals surface area (Å²) < 4.78 is 6.05. The van der Waals surface area contributed by atoms with E-state index in [2.05, 4.69) is 5.32 Å². The van der Waals surface area contributed by atoms with Crippen LogP contribution in [-0.4, -0.2) is 24.2 Å². The van der Waals surface area contributed by atoms with Crippen LogP contribution in [0.3, 0.4) is 0 Å². The van der Waals surface area contributed by atoms with Crippen molar-refractivity contribution in [3.05, 3.63) is 70.8 Å². The van der Waals surface area contributed by atoms with Crippen LogP contribution in [0.4, 0.5) is 0 Å². The Morgan fingerprint density at radius 1 is 0.963 bits per heavy atom. The minimum absolute atomic E-state index is 0.120. The summed E-state index contributed by atoms with van der Waals surface area (Å²) in [5, 5.41) is 4.75. The summed E-state index contributed by atoms with van der Waals surface area (Å²) in [5.74, 6) is 0.763. The number of nitrogens with one attached hydrogen (secondary N) is 1. The molecule has 0 spiro atoms. The van der Waals surface area contributed by atoms with Crippen molar-refractivity contribution >= 4 is 23.2 Å². The Balaban J connectivity index is 1.71. The second-order valence-electron chi connectivity index (χ2n) is 6.90. The number of hydrogen-bond donors (Lipinski definition) is 1. The molecule has 0 atom stereocenters. The van der Waals surface area contributed by atoms with Crippen molar-refractivity contribution < 1.29 is 4.74 Å². The number of aromatic nitrogens is 1. The third-order valence-corrected chi connectivity index (χ3v) is 5.54. The highest BCUT2D eigenvalue weighted by molar-refractivity contribution is 6.31. The first-order valence-corrected chi connectivity index (χ1v) is 9.68. The number of nitrogens with zero attached hydrogens (tertiary/aromatic N) is 1. The second-order valence-corrected chi connectivity index (χ2v) is 7.77. The van der Waals surface area contributed by atoms with Crippen LogP contribution in [0, 0.1) is 0 Å². The van der Waals surface area contributed by atoms with Crippen LogP contribution in [0.15, 0.2) is 60.8 Å². The minimum Gasteiger partial charge on any atom is -0.490 e. The lowest BCUT2D eigenvalue weighted by Gasteiger charge is -2.17. The molecular formula is C22H20Cl2N2O. The molecule has 1 aromatic heterocycles. The van der Waals surface area contributed by atoms with Gasteiger partial charge in [0.2, 0.25) is 0 Å². The van der Waals surface area contributed by atoms with Crippen molar-refractivity contribution in [2.24, 2.45) is 0 Å². The summed E-state index contributed by atoms with van der Waals surface area (Å²) in [6.45, 7) is 0.644. The third-order valence-electron chi connectivity index (χ3n) is 5.03. The van der Waals surface area contributed by atoms with Crippen molar-refractivity contribution in [1.82, 2.24) is 10.3 Å². The van der Waals surface area contributed by atoms with Gasteiger partial charge >= 0.3 is 0 Å². The van der Waals surface area contributed by atoms with Gasteiger partial charge in [0.05, 0.1) is 17.4 Å². The van der Waals surface area contributed by atoms with Gasteiger partial charge in [-0.15, -0.1) is 0 Å².